The molecule has 0 fully saturated rings. The maximum atomic E-state index is 12.3. The highest BCUT2D eigenvalue weighted by molar-refractivity contribution is 6.02. The fourth-order valence-corrected chi connectivity index (χ4v) is 2.32. The van der Waals surface area contributed by atoms with Gasteiger partial charge in [0.2, 0.25) is 5.76 Å². The van der Waals surface area contributed by atoms with E-state index in [1.807, 2.05) is 26.0 Å². The largest absolute Gasteiger partial charge is 0.351 e. The van der Waals surface area contributed by atoms with Crippen LogP contribution in [0.1, 0.15) is 48.0 Å². The highest BCUT2D eigenvalue weighted by Gasteiger charge is 2.18. The van der Waals surface area contributed by atoms with Crippen molar-refractivity contribution in [3.05, 3.63) is 47.6 Å². The van der Waals surface area contributed by atoms with Crippen molar-refractivity contribution >= 4 is 11.7 Å². The molecule has 2 N–H and O–H groups in total. The molecule has 0 saturated carbocycles. The van der Waals surface area contributed by atoms with E-state index in [2.05, 4.69) is 32.6 Å². The second-order valence-electron chi connectivity index (χ2n) is 5.69. The predicted octanol–water partition coefficient (Wildman–Crippen LogP) is 3.53. The second-order valence-corrected chi connectivity index (χ2v) is 5.69. The number of anilines is 1. The van der Waals surface area contributed by atoms with Crippen molar-refractivity contribution in [2.45, 2.75) is 33.1 Å². The van der Waals surface area contributed by atoms with Crippen molar-refractivity contribution in [1.82, 2.24) is 20.3 Å². The van der Waals surface area contributed by atoms with E-state index in [9.17, 15) is 4.79 Å². The number of amides is 1. The molecule has 3 aromatic rings. The molecule has 1 atom stereocenters. The van der Waals surface area contributed by atoms with E-state index in [0.717, 1.165) is 28.9 Å². The molecule has 0 aliphatic carbocycles. The summed E-state index contributed by atoms with van der Waals surface area (Å²) >= 11 is 0. The van der Waals surface area contributed by atoms with Gasteiger partial charge in [-0.25, -0.2) is 0 Å². The van der Waals surface area contributed by atoms with Crippen molar-refractivity contribution in [3.8, 4) is 11.3 Å². The minimum absolute atomic E-state index is 0.185. The molecule has 7 heteroatoms. The normalized spacial score (nSPS) is 12.1. The smallest absolute Gasteiger partial charge is 0.295 e. The van der Waals surface area contributed by atoms with Crippen LogP contribution < -0.4 is 5.32 Å². The Balaban J connectivity index is 1.78. The first-order chi connectivity index (χ1) is 11.6. The predicted molar refractivity (Wildman–Crippen MR) is 89.7 cm³/mol. The fourth-order valence-electron chi connectivity index (χ4n) is 2.32. The van der Waals surface area contributed by atoms with Gasteiger partial charge in [0.25, 0.3) is 5.91 Å². The van der Waals surface area contributed by atoms with E-state index in [1.165, 1.54) is 0 Å². The summed E-state index contributed by atoms with van der Waals surface area (Å²) in [6.07, 6.45) is 4.34. The lowest BCUT2D eigenvalue weighted by molar-refractivity contribution is 0.0987. The minimum Gasteiger partial charge on any atom is -0.351 e. The van der Waals surface area contributed by atoms with Gasteiger partial charge in [-0.05, 0) is 25.5 Å². The Morgan fingerprint density at radius 1 is 1.38 bits per heavy atom. The third-order valence-corrected chi connectivity index (χ3v) is 4.07. The van der Waals surface area contributed by atoms with E-state index < -0.39 is 0 Å². The zero-order valence-electron chi connectivity index (χ0n) is 13.8. The molecule has 3 aromatic heterocycles. The van der Waals surface area contributed by atoms with Gasteiger partial charge in [0.1, 0.15) is 5.82 Å². The lowest BCUT2D eigenvalue weighted by atomic mass is 10.1. The quantitative estimate of drug-likeness (QED) is 0.748. The third kappa shape index (κ3) is 3.05. The number of hydrogen-bond donors (Lipinski definition) is 2. The molecule has 0 aliphatic rings. The molecule has 3 heterocycles. The molecule has 24 heavy (non-hydrogen) atoms. The van der Waals surface area contributed by atoms with E-state index in [4.69, 9.17) is 4.52 Å². The maximum absolute atomic E-state index is 12.3. The first kappa shape index (κ1) is 15.9. The molecule has 1 unspecified atom stereocenters. The van der Waals surface area contributed by atoms with Gasteiger partial charge in [0.15, 0.2) is 0 Å². The van der Waals surface area contributed by atoms with Crippen molar-refractivity contribution in [2.24, 2.45) is 0 Å². The van der Waals surface area contributed by atoms with Crippen LogP contribution in [-0.4, -0.2) is 26.2 Å². The van der Waals surface area contributed by atoms with Crippen molar-refractivity contribution < 1.29 is 9.32 Å². The monoisotopic (exact) mass is 325 g/mol. The van der Waals surface area contributed by atoms with Crippen molar-refractivity contribution in [3.63, 3.8) is 0 Å². The van der Waals surface area contributed by atoms with Gasteiger partial charge in [-0.3, -0.25) is 14.9 Å². The average Bonchev–Trinajstić information content (AvgIpc) is 3.23. The van der Waals surface area contributed by atoms with Crippen LogP contribution in [0.3, 0.4) is 0 Å². The van der Waals surface area contributed by atoms with Gasteiger partial charge in [-0.1, -0.05) is 19.0 Å². The van der Waals surface area contributed by atoms with E-state index >= 15 is 0 Å². The molecule has 0 aliphatic heterocycles. The zero-order chi connectivity index (χ0) is 17.1. The third-order valence-electron chi connectivity index (χ3n) is 4.07. The van der Waals surface area contributed by atoms with E-state index in [1.54, 1.807) is 18.5 Å². The lowest BCUT2D eigenvalue weighted by Gasteiger charge is -2.02. The molecule has 0 saturated heterocycles. The van der Waals surface area contributed by atoms with E-state index in [-0.39, 0.29) is 17.6 Å². The first-order valence-electron chi connectivity index (χ1n) is 7.83. The molecule has 0 radical (unpaired) electrons. The number of nitrogens with one attached hydrogen (secondary N) is 2. The van der Waals surface area contributed by atoms with Crippen molar-refractivity contribution in [1.29, 1.82) is 0 Å². The Morgan fingerprint density at radius 2 is 2.12 bits per heavy atom. The van der Waals surface area contributed by atoms with Crippen LogP contribution in [0.25, 0.3) is 11.3 Å². The van der Waals surface area contributed by atoms with Crippen LogP contribution in [-0.2, 0) is 0 Å². The molecule has 124 valence electrons. The molecule has 3 rings (SSSR count). The molecular weight excluding hydrogens is 306 g/mol. The molecule has 7 nitrogen and oxygen atoms in total. The summed E-state index contributed by atoms with van der Waals surface area (Å²) < 4.78 is 5.15. The Hall–Kier alpha value is -2.96. The highest BCUT2D eigenvalue weighted by atomic mass is 16.5. The minimum atomic E-state index is -0.356. The van der Waals surface area contributed by atoms with Crippen molar-refractivity contribution in [2.75, 3.05) is 5.32 Å². The summed E-state index contributed by atoms with van der Waals surface area (Å²) in [5, 5.41) is 13.9. The number of nitrogens with zero attached hydrogens (tertiary/aromatic N) is 3. The average molecular weight is 325 g/mol. The summed E-state index contributed by atoms with van der Waals surface area (Å²) in [7, 11) is 0. The number of carbonyl (C=O) groups excluding carboxylic acids is 1. The molecule has 0 bridgehead atoms. The van der Waals surface area contributed by atoms with Gasteiger partial charge >= 0.3 is 0 Å². The van der Waals surface area contributed by atoms with Gasteiger partial charge in [-0.2, -0.15) is 5.10 Å². The van der Waals surface area contributed by atoms with E-state index in [0.29, 0.717) is 5.82 Å². The Labute approximate surface area is 139 Å². The zero-order valence-corrected chi connectivity index (χ0v) is 13.8. The Kier molecular flexibility index (Phi) is 4.41. The summed E-state index contributed by atoms with van der Waals surface area (Å²) in [5.74, 6) is 0.616. The fraction of sp³-hybridized carbons (Fsp3) is 0.294. The van der Waals surface area contributed by atoms with Crippen LogP contribution in [0.15, 0.2) is 35.1 Å². The van der Waals surface area contributed by atoms with Gasteiger partial charge in [-0.15, -0.1) is 0 Å². The van der Waals surface area contributed by atoms with Crippen LogP contribution in [0.4, 0.5) is 5.82 Å². The van der Waals surface area contributed by atoms with Gasteiger partial charge < -0.3 is 9.84 Å². The number of H-pyrrole nitrogens is 1. The second kappa shape index (κ2) is 6.66. The molecule has 1 amide bonds. The Morgan fingerprint density at radius 3 is 2.83 bits per heavy atom. The van der Waals surface area contributed by atoms with Crippen LogP contribution in [0.5, 0.6) is 0 Å². The number of aromatic amines is 1. The first-order valence-corrected chi connectivity index (χ1v) is 7.83. The number of aromatic nitrogens is 4. The summed E-state index contributed by atoms with van der Waals surface area (Å²) in [4.78, 5) is 16.3. The maximum Gasteiger partial charge on any atom is 0.295 e. The molecule has 0 aromatic carbocycles. The lowest BCUT2D eigenvalue weighted by Crippen LogP contribution is -2.12. The number of rotatable bonds is 5. The molecule has 0 spiro atoms. The number of carbonyl (C=O) groups is 1. The summed E-state index contributed by atoms with van der Waals surface area (Å²) in [5.41, 5.74) is 3.32. The highest BCUT2D eigenvalue weighted by Crippen LogP contribution is 2.26. The number of hydrogen-bond acceptors (Lipinski definition) is 5. The van der Waals surface area contributed by atoms with Gasteiger partial charge in [0, 0.05) is 35.5 Å². The van der Waals surface area contributed by atoms with Crippen LogP contribution >= 0.6 is 0 Å². The Bertz CT molecular complexity index is 838. The van der Waals surface area contributed by atoms with Gasteiger partial charge in [0.05, 0.1) is 11.4 Å². The SMILES string of the molecule is CCC(C)c1cc(C(=O)Nc2[nH]nc(-c3ccncc3)c2C)on1. The summed E-state index contributed by atoms with van der Waals surface area (Å²) in [6.45, 7) is 5.99. The molecular formula is C17H19N5O2. The van der Waals surface area contributed by atoms with Crippen LogP contribution in [0.2, 0.25) is 0 Å². The number of pyridine rings is 1. The standard InChI is InChI=1S/C17H19N5O2/c1-4-10(2)13-9-14(24-22-13)17(23)19-16-11(3)15(20-21-16)12-5-7-18-8-6-12/h5-10H,4H2,1-3H3,(H2,19,20,21,23). The topological polar surface area (TPSA) is 96.7 Å². The van der Waals surface area contributed by atoms with Crippen LogP contribution in [0, 0.1) is 6.92 Å². The summed E-state index contributed by atoms with van der Waals surface area (Å²) in [6, 6.07) is 5.41.